The van der Waals surface area contributed by atoms with Gasteiger partial charge in [-0.25, -0.2) is 0 Å². The van der Waals surface area contributed by atoms with Gasteiger partial charge in [0.15, 0.2) is 8.83 Å². The quantitative estimate of drug-likeness (QED) is 0.373. The number of hydrogen-bond acceptors (Lipinski definition) is 0. The number of halogens is 4. The Morgan fingerprint density at radius 1 is 1.50 bits per heavy atom. The van der Waals surface area contributed by atoms with Gasteiger partial charge in [-0.15, -0.1) is 34.8 Å². The summed E-state index contributed by atoms with van der Waals surface area (Å²) in [6.07, 6.45) is 0. The molecule has 0 aliphatic heterocycles. The Kier molecular flexibility index (Phi) is 4.13. The summed E-state index contributed by atoms with van der Waals surface area (Å²) in [6.45, 7) is 1.73. The van der Waals surface area contributed by atoms with Gasteiger partial charge in [-0.3, -0.25) is 0 Å². The van der Waals surface area contributed by atoms with Gasteiger partial charge in [0, 0.05) is 0 Å². The maximum atomic E-state index is 5.62. The zero-order valence-electron chi connectivity index (χ0n) is 4.30. The molecule has 50 valence electrons. The van der Waals surface area contributed by atoms with E-state index >= 15 is 0 Å². The smallest absolute Gasteiger partial charge is 0.167 e. The molecule has 0 rings (SSSR count). The van der Waals surface area contributed by atoms with E-state index in [2.05, 4.69) is 0 Å². The molecule has 0 aromatic rings. The Bertz CT molecular complexity index is 71.7. The van der Waals surface area contributed by atoms with E-state index in [1.807, 2.05) is 0 Å². The predicted molar refractivity (Wildman–Crippen MR) is 44.1 cm³/mol. The van der Waals surface area contributed by atoms with Crippen molar-refractivity contribution in [1.29, 1.82) is 0 Å². The number of rotatable bonds is 2. The van der Waals surface area contributed by atoms with E-state index in [1.165, 1.54) is 0 Å². The predicted octanol–water partition coefficient (Wildman–Crippen LogP) is 2.07. The Hall–Kier alpha value is 1.38. The van der Waals surface area contributed by atoms with Crippen LogP contribution >= 0.6 is 45.9 Å². The maximum absolute atomic E-state index is 5.62. The van der Waals surface area contributed by atoms with Crippen molar-refractivity contribution in [3.8, 4) is 0 Å². The molecular weight excluding hydrogens is 206 g/mol. The van der Waals surface area contributed by atoms with E-state index in [-0.39, 0.29) is 5.38 Å². The lowest BCUT2D eigenvalue weighted by atomic mass is 10.5. The third-order valence-electron chi connectivity index (χ3n) is 0.760. The molecular formula is C3H6Cl4Si. The van der Waals surface area contributed by atoms with Crippen molar-refractivity contribution in [2.45, 2.75) is 16.3 Å². The lowest BCUT2D eigenvalue weighted by Gasteiger charge is -2.17. The average Bonchev–Trinajstić information content (AvgIpc) is 1.67. The van der Waals surface area contributed by atoms with Gasteiger partial charge >= 0.3 is 0 Å². The molecule has 0 amide bonds. The van der Waals surface area contributed by atoms with Crippen LogP contribution in [0.2, 0.25) is 0 Å². The topological polar surface area (TPSA) is 0 Å². The van der Waals surface area contributed by atoms with Crippen molar-refractivity contribution >= 4 is 54.7 Å². The Morgan fingerprint density at radius 3 is 1.88 bits per heavy atom. The second-order valence-electron chi connectivity index (χ2n) is 1.51. The molecule has 0 saturated carbocycles. The lowest BCUT2D eigenvalue weighted by molar-refractivity contribution is 0.980. The maximum Gasteiger partial charge on any atom is 0.167 e. The van der Waals surface area contributed by atoms with Crippen LogP contribution in [0.15, 0.2) is 0 Å². The molecule has 0 aromatic carbocycles. The first-order valence-corrected chi connectivity index (χ1v) is 6.12. The highest BCUT2D eigenvalue weighted by atomic mass is 35.6. The molecule has 5 heteroatoms. The molecule has 0 aromatic heterocycles. The normalized spacial score (nSPS) is 17.6. The van der Waals surface area contributed by atoms with Gasteiger partial charge in [0.2, 0.25) is 0 Å². The number of hydrogen-bond donors (Lipinski definition) is 0. The molecule has 0 saturated heterocycles. The van der Waals surface area contributed by atoms with Gasteiger partial charge in [-0.1, -0.05) is 0 Å². The molecule has 0 aliphatic rings. The second-order valence-corrected chi connectivity index (χ2v) is 6.79. The summed E-state index contributed by atoms with van der Waals surface area (Å²) in [5.74, 6) is 0. The third kappa shape index (κ3) is 2.79. The highest BCUT2D eigenvalue weighted by Gasteiger charge is 2.29. The zero-order chi connectivity index (χ0) is 6.78. The van der Waals surface area contributed by atoms with Crippen molar-refractivity contribution in [1.82, 2.24) is 0 Å². The molecule has 0 radical (unpaired) electrons. The summed E-state index contributed by atoms with van der Waals surface area (Å²) in [5, 5.41) is -0.255. The van der Waals surface area contributed by atoms with E-state index in [4.69, 9.17) is 45.9 Å². The molecule has 0 spiro atoms. The van der Waals surface area contributed by atoms with Crippen LogP contribution in [0.4, 0.5) is 0 Å². The Morgan fingerprint density at radius 2 is 1.88 bits per heavy atom. The van der Waals surface area contributed by atoms with Crippen LogP contribution in [-0.2, 0) is 0 Å². The highest BCUT2D eigenvalue weighted by Crippen LogP contribution is 2.28. The summed E-state index contributed by atoms with van der Waals surface area (Å²) in [7, 11) is -0.934. The molecule has 8 heavy (non-hydrogen) atoms. The fourth-order valence-electron chi connectivity index (χ4n) is 0.106. The summed E-state index contributed by atoms with van der Waals surface area (Å²) < 4.78 is -0.844. The van der Waals surface area contributed by atoms with Gasteiger partial charge in [0.1, 0.15) is 3.96 Å². The SMILES string of the molecule is CC(Cl)C(Cl)(Cl)[SiH2]Cl. The molecule has 0 fully saturated rings. The standard InChI is InChI=1S/C3H6Cl4Si/c1-2(4)3(5,6)8-7/h2H,8H2,1H3. The average molecular weight is 212 g/mol. The molecule has 0 heterocycles. The van der Waals surface area contributed by atoms with Gasteiger partial charge in [0.05, 0.1) is 5.38 Å². The Labute approximate surface area is 71.0 Å². The molecule has 0 bridgehead atoms. The van der Waals surface area contributed by atoms with Gasteiger partial charge in [0.25, 0.3) is 0 Å². The van der Waals surface area contributed by atoms with Crippen molar-refractivity contribution in [2.24, 2.45) is 0 Å². The van der Waals surface area contributed by atoms with Crippen molar-refractivity contribution in [3.63, 3.8) is 0 Å². The van der Waals surface area contributed by atoms with Gasteiger partial charge < -0.3 is 0 Å². The van der Waals surface area contributed by atoms with Crippen LogP contribution in [0.3, 0.4) is 0 Å². The van der Waals surface area contributed by atoms with Crippen LogP contribution in [0.25, 0.3) is 0 Å². The minimum absolute atomic E-state index is 0.255. The minimum atomic E-state index is -0.934. The van der Waals surface area contributed by atoms with Crippen LogP contribution in [-0.4, -0.2) is 18.2 Å². The summed E-state index contributed by atoms with van der Waals surface area (Å²) in [6, 6.07) is 0. The molecule has 0 nitrogen and oxygen atoms in total. The van der Waals surface area contributed by atoms with Crippen LogP contribution < -0.4 is 0 Å². The molecule has 0 N–H and O–H groups in total. The van der Waals surface area contributed by atoms with E-state index in [0.29, 0.717) is 0 Å². The molecule has 1 unspecified atom stereocenters. The largest absolute Gasteiger partial charge is 0.172 e. The first-order chi connectivity index (χ1) is 3.50. The monoisotopic (exact) mass is 210 g/mol. The van der Waals surface area contributed by atoms with E-state index in [0.717, 1.165) is 0 Å². The third-order valence-corrected chi connectivity index (χ3v) is 6.13. The van der Waals surface area contributed by atoms with Crippen molar-refractivity contribution in [3.05, 3.63) is 0 Å². The highest BCUT2D eigenvalue weighted by molar-refractivity contribution is 7.04. The summed E-state index contributed by atoms with van der Waals surface area (Å²) in [4.78, 5) is 0. The lowest BCUT2D eigenvalue weighted by Crippen LogP contribution is -2.28. The minimum Gasteiger partial charge on any atom is -0.172 e. The fraction of sp³-hybridized carbons (Fsp3) is 1.00. The summed E-state index contributed by atoms with van der Waals surface area (Å²) in [5.41, 5.74) is 0. The van der Waals surface area contributed by atoms with Gasteiger partial charge in [-0.05, 0) is 6.92 Å². The second kappa shape index (κ2) is 3.52. The first kappa shape index (κ1) is 9.38. The molecule has 0 aliphatic carbocycles. The zero-order valence-corrected chi connectivity index (χ0v) is 8.73. The van der Waals surface area contributed by atoms with Crippen LogP contribution in [0, 0.1) is 0 Å². The number of alkyl halides is 3. The van der Waals surface area contributed by atoms with Crippen molar-refractivity contribution in [2.75, 3.05) is 0 Å². The summed E-state index contributed by atoms with van der Waals surface area (Å²) >= 11 is 22.3. The van der Waals surface area contributed by atoms with E-state index in [9.17, 15) is 0 Å². The molecule has 1 atom stereocenters. The van der Waals surface area contributed by atoms with Gasteiger partial charge in [-0.2, -0.15) is 11.1 Å². The van der Waals surface area contributed by atoms with Crippen LogP contribution in [0.5, 0.6) is 0 Å². The fourth-order valence-corrected chi connectivity index (χ4v) is 1.48. The van der Waals surface area contributed by atoms with Crippen molar-refractivity contribution < 1.29 is 0 Å². The van der Waals surface area contributed by atoms with E-state index in [1.54, 1.807) is 6.92 Å². The van der Waals surface area contributed by atoms with Crippen LogP contribution in [0.1, 0.15) is 6.92 Å². The van der Waals surface area contributed by atoms with E-state index < -0.39 is 12.8 Å². The Balaban J connectivity index is 3.71. The first-order valence-electron chi connectivity index (χ1n) is 2.08.